The predicted molar refractivity (Wildman–Crippen MR) is 60.7 cm³/mol. The minimum Gasteiger partial charge on any atom is -0.497 e. The van der Waals surface area contributed by atoms with E-state index < -0.39 is 0 Å². The predicted octanol–water partition coefficient (Wildman–Crippen LogP) is 1.14. The summed E-state index contributed by atoms with van der Waals surface area (Å²) in [5, 5.41) is 0. The maximum atomic E-state index is 5.71. The van der Waals surface area contributed by atoms with Crippen LogP contribution in [0.15, 0.2) is 18.2 Å². The number of nitrogens with two attached hydrogens (primary N) is 2. The minimum atomic E-state index is 0.0490. The Hall–Kier alpha value is -1.26. The average Bonchev–Trinajstić information content (AvgIpc) is 2.16. The van der Waals surface area contributed by atoms with Crippen molar-refractivity contribution in [1.82, 2.24) is 0 Å². The highest BCUT2D eigenvalue weighted by Gasteiger charge is 2.00. The van der Waals surface area contributed by atoms with Gasteiger partial charge in [0, 0.05) is 17.8 Å². The summed E-state index contributed by atoms with van der Waals surface area (Å²) in [4.78, 5) is 0. The first kappa shape index (κ1) is 11.8. The highest BCUT2D eigenvalue weighted by molar-refractivity contribution is 5.47. The van der Waals surface area contributed by atoms with Crippen molar-refractivity contribution in [2.45, 2.75) is 19.6 Å². The van der Waals surface area contributed by atoms with Gasteiger partial charge in [0.05, 0.1) is 20.3 Å². The van der Waals surface area contributed by atoms with Gasteiger partial charge in [-0.05, 0) is 24.6 Å². The van der Waals surface area contributed by atoms with Gasteiger partial charge in [0.2, 0.25) is 0 Å². The number of rotatable bonds is 5. The number of ether oxygens (including phenoxy) is 2. The van der Waals surface area contributed by atoms with Crippen LogP contribution in [-0.4, -0.2) is 19.8 Å². The fourth-order valence-electron chi connectivity index (χ4n) is 1.25. The van der Waals surface area contributed by atoms with E-state index in [9.17, 15) is 0 Å². The molecule has 0 heterocycles. The quantitative estimate of drug-likeness (QED) is 0.715. The van der Waals surface area contributed by atoms with Crippen molar-refractivity contribution < 1.29 is 9.47 Å². The summed E-state index contributed by atoms with van der Waals surface area (Å²) >= 11 is 0. The van der Waals surface area contributed by atoms with Gasteiger partial charge in [0.25, 0.3) is 0 Å². The van der Waals surface area contributed by atoms with Crippen LogP contribution in [0.2, 0.25) is 0 Å². The second kappa shape index (κ2) is 5.58. The molecule has 0 aliphatic carbocycles. The van der Waals surface area contributed by atoms with E-state index in [4.69, 9.17) is 20.9 Å². The van der Waals surface area contributed by atoms with E-state index in [1.807, 2.05) is 19.1 Å². The molecule has 4 N–H and O–H groups in total. The molecule has 0 spiro atoms. The number of hydrogen-bond acceptors (Lipinski definition) is 4. The number of nitrogen functional groups attached to an aromatic ring is 1. The first-order valence-corrected chi connectivity index (χ1v) is 4.88. The van der Waals surface area contributed by atoms with Gasteiger partial charge in [0.15, 0.2) is 0 Å². The number of methoxy groups -OCH3 is 1. The zero-order chi connectivity index (χ0) is 11.3. The molecule has 4 nitrogen and oxygen atoms in total. The fraction of sp³-hybridized carbons (Fsp3) is 0.455. The Morgan fingerprint density at radius 1 is 1.33 bits per heavy atom. The van der Waals surface area contributed by atoms with Crippen LogP contribution in [-0.2, 0) is 11.3 Å². The van der Waals surface area contributed by atoms with Crippen molar-refractivity contribution in [1.29, 1.82) is 0 Å². The maximum absolute atomic E-state index is 5.71. The Kier molecular flexibility index (Phi) is 4.39. The Balaban J connectivity index is 2.56. The molecule has 0 saturated heterocycles. The van der Waals surface area contributed by atoms with Crippen LogP contribution in [0.25, 0.3) is 0 Å². The van der Waals surface area contributed by atoms with E-state index in [0.29, 0.717) is 18.9 Å². The molecule has 0 amide bonds. The lowest BCUT2D eigenvalue weighted by atomic mass is 10.2. The Labute approximate surface area is 90.2 Å². The average molecular weight is 210 g/mol. The second-order valence-corrected chi connectivity index (χ2v) is 3.61. The summed E-state index contributed by atoms with van der Waals surface area (Å²) in [7, 11) is 1.61. The van der Waals surface area contributed by atoms with Gasteiger partial charge < -0.3 is 20.9 Å². The molecule has 0 fully saturated rings. The lowest BCUT2D eigenvalue weighted by Gasteiger charge is -2.09. The maximum Gasteiger partial charge on any atom is 0.121 e. The topological polar surface area (TPSA) is 70.5 Å². The van der Waals surface area contributed by atoms with Crippen LogP contribution in [0.5, 0.6) is 5.75 Å². The summed E-state index contributed by atoms with van der Waals surface area (Å²) in [6.45, 7) is 2.94. The van der Waals surface area contributed by atoms with Crippen molar-refractivity contribution in [2.24, 2.45) is 5.73 Å². The summed E-state index contributed by atoms with van der Waals surface area (Å²) in [5.74, 6) is 0.745. The summed E-state index contributed by atoms with van der Waals surface area (Å²) in [6, 6.07) is 5.59. The third-order valence-corrected chi connectivity index (χ3v) is 1.87. The fourth-order valence-corrected chi connectivity index (χ4v) is 1.25. The van der Waals surface area contributed by atoms with E-state index in [1.165, 1.54) is 0 Å². The van der Waals surface area contributed by atoms with E-state index in [0.717, 1.165) is 11.3 Å². The third kappa shape index (κ3) is 4.18. The molecule has 1 atom stereocenters. The Morgan fingerprint density at radius 3 is 2.67 bits per heavy atom. The molecule has 4 heteroatoms. The van der Waals surface area contributed by atoms with E-state index in [2.05, 4.69) is 0 Å². The van der Waals surface area contributed by atoms with Crippen LogP contribution >= 0.6 is 0 Å². The van der Waals surface area contributed by atoms with Crippen molar-refractivity contribution in [3.63, 3.8) is 0 Å². The highest BCUT2D eigenvalue weighted by Crippen LogP contribution is 2.18. The molecule has 1 rings (SSSR count). The number of anilines is 1. The molecule has 0 radical (unpaired) electrons. The van der Waals surface area contributed by atoms with Crippen LogP contribution in [0.4, 0.5) is 5.69 Å². The minimum absolute atomic E-state index is 0.0490. The van der Waals surface area contributed by atoms with Gasteiger partial charge >= 0.3 is 0 Å². The van der Waals surface area contributed by atoms with Gasteiger partial charge in [-0.3, -0.25) is 0 Å². The van der Waals surface area contributed by atoms with Crippen LogP contribution in [0.3, 0.4) is 0 Å². The molecule has 0 aliphatic rings. The molecule has 1 aromatic rings. The standard InChI is InChI=1S/C11H18N2O2/c1-8(12)6-15-7-9-3-10(13)5-11(4-9)14-2/h3-5,8H,6-7,12-13H2,1-2H3/t8-/m1/s1. The van der Waals surface area contributed by atoms with Gasteiger partial charge in [-0.1, -0.05) is 0 Å². The molecule has 0 bridgehead atoms. The second-order valence-electron chi connectivity index (χ2n) is 3.61. The molecule has 84 valence electrons. The van der Waals surface area contributed by atoms with Crippen LogP contribution < -0.4 is 16.2 Å². The Morgan fingerprint density at radius 2 is 2.07 bits per heavy atom. The van der Waals surface area contributed by atoms with Gasteiger partial charge in [-0.25, -0.2) is 0 Å². The lowest BCUT2D eigenvalue weighted by Crippen LogP contribution is -2.21. The molecule has 0 unspecified atom stereocenters. The smallest absolute Gasteiger partial charge is 0.121 e. The van der Waals surface area contributed by atoms with Crippen LogP contribution in [0.1, 0.15) is 12.5 Å². The van der Waals surface area contributed by atoms with Gasteiger partial charge in [-0.2, -0.15) is 0 Å². The third-order valence-electron chi connectivity index (χ3n) is 1.87. The monoisotopic (exact) mass is 210 g/mol. The summed E-state index contributed by atoms with van der Waals surface area (Å²) in [5.41, 5.74) is 12.9. The number of benzene rings is 1. The van der Waals surface area contributed by atoms with Crippen molar-refractivity contribution in [3.05, 3.63) is 23.8 Å². The summed E-state index contributed by atoms with van der Waals surface area (Å²) < 4.78 is 10.5. The van der Waals surface area contributed by atoms with E-state index in [1.54, 1.807) is 13.2 Å². The molecular weight excluding hydrogens is 192 g/mol. The SMILES string of the molecule is COc1cc(N)cc(COC[C@@H](C)N)c1. The molecular formula is C11H18N2O2. The first-order chi connectivity index (χ1) is 7.11. The number of hydrogen-bond donors (Lipinski definition) is 2. The van der Waals surface area contributed by atoms with Gasteiger partial charge in [0.1, 0.15) is 5.75 Å². The van der Waals surface area contributed by atoms with E-state index in [-0.39, 0.29) is 6.04 Å². The van der Waals surface area contributed by atoms with E-state index >= 15 is 0 Å². The molecule has 1 aromatic carbocycles. The molecule has 0 aliphatic heterocycles. The lowest BCUT2D eigenvalue weighted by molar-refractivity contribution is 0.111. The Bertz CT molecular complexity index is 313. The van der Waals surface area contributed by atoms with Crippen LogP contribution in [0, 0.1) is 0 Å². The van der Waals surface area contributed by atoms with Crippen molar-refractivity contribution >= 4 is 5.69 Å². The summed E-state index contributed by atoms with van der Waals surface area (Å²) in [6.07, 6.45) is 0. The largest absolute Gasteiger partial charge is 0.497 e. The van der Waals surface area contributed by atoms with Gasteiger partial charge in [-0.15, -0.1) is 0 Å². The van der Waals surface area contributed by atoms with Crippen molar-refractivity contribution in [3.8, 4) is 5.75 Å². The highest BCUT2D eigenvalue weighted by atomic mass is 16.5. The molecule has 0 aromatic heterocycles. The molecule has 15 heavy (non-hydrogen) atoms. The van der Waals surface area contributed by atoms with Crippen molar-refractivity contribution in [2.75, 3.05) is 19.5 Å². The molecule has 0 saturated carbocycles. The zero-order valence-electron chi connectivity index (χ0n) is 9.19. The zero-order valence-corrected chi connectivity index (χ0v) is 9.19. The first-order valence-electron chi connectivity index (χ1n) is 4.88. The normalized spacial score (nSPS) is 12.5.